The van der Waals surface area contributed by atoms with Gasteiger partial charge in [-0.1, -0.05) is 27.7 Å². The Morgan fingerprint density at radius 3 is 2.60 bits per heavy atom. The van der Waals surface area contributed by atoms with Gasteiger partial charge in [0.2, 0.25) is 0 Å². The first-order chi connectivity index (χ1) is 7.20. The van der Waals surface area contributed by atoms with E-state index >= 15 is 0 Å². The van der Waals surface area contributed by atoms with Crippen LogP contribution in [-0.4, -0.2) is 6.54 Å². The second kappa shape index (κ2) is 5.96. The standard InChI is InChI=1S/C13H23NO/c1-5-8-14-13(10(3)4)11-7-9-15-12(11)6-2/h7,9-10,13-14H,5-6,8H2,1-4H3. The fourth-order valence-corrected chi connectivity index (χ4v) is 1.92. The van der Waals surface area contributed by atoms with Gasteiger partial charge in [0.15, 0.2) is 0 Å². The van der Waals surface area contributed by atoms with Crippen molar-refractivity contribution in [2.24, 2.45) is 5.92 Å². The highest BCUT2D eigenvalue weighted by atomic mass is 16.3. The normalized spacial score (nSPS) is 13.4. The van der Waals surface area contributed by atoms with E-state index in [9.17, 15) is 0 Å². The van der Waals surface area contributed by atoms with E-state index in [1.54, 1.807) is 6.26 Å². The summed E-state index contributed by atoms with van der Waals surface area (Å²) in [7, 11) is 0. The van der Waals surface area contributed by atoms with E-state index < -0.39 is 0 Å². The highest BCUT2D eigenvalue weighted by Crippen LogP contribution is 2.26. The van der Waals surface area contributed by atoms with E-state index in [2.05, 4.69) is 39.1 Å². The van der Waals surface area contributed by atoms with Crippen molar-refractivity contribution in [3.63, 3.8) is 0 Å². The van der Waals surface area contributed by atoms with E-state index in [4.69, 9.17) is 4.42 Å². The van der Waals surface area contributed by atoms with Crippen LogP contribution in [0.1, 0.15) is 51.5 Å². The predicted octanol–water partition coefficient (Wildman–Crippen LogP) is 3.54. The van der Waals surface area contributed by atoms with Crippen LogP contribution in [-0.2, 0) is 6.42 Å². The van der Waals surface area contributed by atoms with Gasteiger partial charge in [-0.2, -0.15) is 0 Å². The molecule has 0 saturated heterocycles. The molecule has 0 aliphatic rings. The Morgan fingerprint density at radius 2 is 2.07 bits per heavy atom. The topological polar surface area (TPSA) is 25.2 Å². The first-order valence-corrected chi connectivity index (χ1v) is 6.00. The van der Waals surface area contributed by atoms with Gasteiger partial charge in [-0.05, 0) is 24.9 Å². The molecule has 1 N–H and O–H groups in total. The Morgan fingerprint density at radius 1 is 1.33 bits per heavy atom. The summed E-state index contributed by atoms with van der Waals surface area (Å²) >= 11 is 0. The van der Waals surface area contributed by atoms with Gasteiger partial charge in [0.25, 0.3) is 0 Å². The average molecular weight is 209 g/mol. The minimum atomic E-state index is 0.429. The number of furan rings is 1. The van der Waals surface area contributed by atoms with Crippen molar-refractivity contribution in [2.75, 3.05) is 6.54 Å². The van der Waals surface area contributed by atoms with Crippen LogP contribution in [0.5, 0.6) is 0 Å². The van der Waals surface area contributed by atoms with Crippen LogP contribution in [0.4, 0.5) is 0 Å². The smallest absolute Gasteiger partial charge is 0.108 e. The number of hydrogen-bond donors (Lipinski definition) is 1. The van der Waals surface area contributed by atoms with Crippen molar-refractivity contribution in [2.45, 2.75) is 46.6 Å². The lowest BCUT2D eigenvalue weighted by atomic mass is 9.95. The number of rotatable bonds is 6. The Balaban J connectivity index is 2.78. The minimum absolute atomic E-state index is 0.429. The van der Waals surface area contributed by atoms with Crippen LogP contribution in [0.3, 0.4) is 0 Å². The van der Waals surface area contributed by atoms with Crippen molar-refractivity contribution >= 4 is 0 Å². The lowest BCUT2D eigenvalue weighted by Crippen LogP contribution is -2.26. The third-order valence-electron chi connectivity index (χ3n) is 2.72. The maximum atomic E-state index is 5.48. The highest BCUT2D eigenvalue weighted by Gasteiger charge is 2.19. The Bertz CT molecular complexity index is 278. The molecule has 0 radical (unpaired) electrons. The van der Waals surface area contributed by atoms with Crippen molar-refractivity contribution in [1.29, 1.82) is 0 Å². The summed E-state index contributed by atoms with van der Waals surface area (Å²) in [5.74, 6) is 1.72. The Hall–Kier alpha value is -0.760. The third-order valence-corrected chi connectivity index (χ3v) is 2.72. The fourth-order valence-electron chi connectivity index (χ4n) is 1.92. The van der Waals surface area contributed by atoms with E-state index in [-0.39, 0.29) is 0 Å². The zero-order valence-electron chi connectivity index (χ0n) is 10.3. The van der Waals surface area contributed by atoms with E-state index in [1.165, 1.54) is 12.0 Å². The highest BCUT2D eigenvalue weighted by molar-refractivity contribution is 5.22. The van der Waals surface area contributed by atoms with Gasteiger partial charge in [-0.15, -0.1) is 0 Å². The molecule has 0 fully saturated rings. The molecule has 0 spiro atoms. The summed E-state index contributed by atoms with van der Waals surface area (Å²) in [5.41, 5.74) is 1.33. The largest absolute Gasteiger partial charge is 0.469 e. The zero-order valence-corrected chi connectivity index (χ0v) is 10.3. The molecule has 1 aromatic heterocycles. The molecule has 0 saturated carbocycles. The second-order valence-corrected chi connectivity index (χ2v) is 4.33. The third kappa shape index (κ3) is 3.10. The van der Waals surface area contributed by atoms with Gasteiger partial charge in [-0.3, -0.25) is 0 Å². The van der Waals surface area contributed by atoms with Crippen LogP contribution >= 0.6 is 0 Å². The van der Waals surface area contributed by atoms with Gasteiger partial charge < -0.3 is 9.73 Å². The maximum Gasteiger partial charge on any atom is 0.108 e. The van der Waals surface area contributed by atoms with Crippen LogP contribution < -0.4 is 5.32 Å². The van der Waals surface area contributed by atoms with Gasteiger partial charge in [0.05, 0.1) is 6.26 Å². The molecule has 86 valence electrons. The van der Waals surface area contributed by atoms with Crippen LogP contribution in [0.15, 0.2) is 16.7 Å². The van der Waals surface area contributed by atoms with Crippen molar-refractivity contribution in [3.05, 3.63) is 23.7 Å². The first kappa shape index (κ1) is 12.3. The molecule has 15 heavy (non-hydrogen) atoms. The molecular weight excluding hydrogens is 186 g/mol. The molecule has 1 aromatic rings. The molecule has 0 aromatic carbocycles. The molecular formula is C13H23NO. The van der Waals surface area contributed by atoms with Crippen molar-refractivity contribution in [3.8, 4) is 0 Å². The SMILES string of the molecule is CCCNC(c1ccoc1CC)C(C)C. The number of nitrogens with one attached hydrogen (secondary N) is 1. The second-order valence-electron chi connectivity index (χ2n) is 4.33. The minimum Gasteiger partial charge on any atom is -0.469 e. The van der Waals surface area contributed by atoms with Crippen LogP contribution in [0, 0.1) is 5.92 Å². The molecule has 1 rings (SSSR count). The predicted molar refractivity (Wildman–Crippen MR) is 64.0 cm³/mol. The van der Waals surface area contributed by atoms with Gasteiger partial charge in [0, 0.05) is 18.0 Å². The summed E-state index contributed by atoms with van der Waals surface area (Å²) in [5, 5.41) is 3.59. The lowest BCUT2D eigenvalue weighted by Gasteiger charge is -2.22. The molecule has 2 heteroatoms. The molecule has 1 atom stereocenters. The summed E-state index contributed by atoms with van der Waals surface area (Å²) < 4.78 is 5.48. The van der Waals surface area contributed by atoms with Crippen LogP contribution in [0.2, 0.25) is 0 Å². The average Bonchev–Trinajstić information content (AvgIpc) is 2.66. The van der Waals surface area contributed by atoms with E-state index in [0.717, 1.165) is 18.7 Å². The zero-order chi connectivity index (χ0) is 11.3. The Kier molecular flexibility index (Phi) is 4.89. The number of hydrogen-bond acceptors (Lipinski definition) is 2. The van der Waals surface area contributed by atoms with Crippen molar-refractivity contribution in [1.82, 2.24) is 5.32 Å². The van der Waals surface area contributed by atoms with Crippen molar-refractivity contribution < 1.29 is 4.42 Å². The molecule has 1 unspecified atom stereocenters. The maximum absolute atomic E-state index is 5.48. The first-order valence-electron chi connectivity index (χ1n) is 6.00. The lowest BCUT2D eigenvalue weighted by molar-refractivity contribution is 0.401. The fraction of sp³-hybridized carbons (Fsp3) is 0.692. The molecule has 2 nitrogen and oxygen atoms in total. The van der Waals surface area contributed by atoms with Gasteiger partial charge >= 0.3 is 0 Å². The molecule has 1 heterocycles. The quantitative estimate of drug-likeness (QED) is 0.775. The van der Waals surface area contributed by atoms with E-state index in [0.29, 0.717) is 12.0 Å². The Labute approximate surface area is 93.1 Å². The van der Waals surface area contributed by atoms with Gasteiger partial charge in [-0.25, -0.2) is 0 Å². The molecule has 0 amide bonds. The van der Waals surface area contributed by atoms with E-state index in [1.807, 2.05) is 0 Å². The summed E-state index contributed by atoms with van der Waals surface area (Å²) in [4.78, 5) is 0. The summed E-state index contributed by atoms with van der Waals surface area (Å²) in [6, 6.07) is 2.53. The summed E-state index contributed by atoms with van der Waals surface area (Å²) in [6.07, 6.45) is 3.94. The van der Waals surface area contributed by atoms with Gasteiger partial charge in [0.1, 0.15) is 5.76 Å². The number of aryl methyl sites for hydroxylation is 1. The molecule has 0 bridgehead atoms. The van der Waals surface area contributed by atoms with Crippen LogP contribution in [0.25, 0.3) is 0 Å². The summed E-state index contributed by atoms with van der Waals surface area (Å²) in [6.45, 7) is 9.90. The monoisotopic (exact) mass is 209 g/mol. The molecule has 0 aliphatic heterocycles. The molecule has 0 aliphatic carbocycles.